The second-order valence-electron chi connectivity index (χ2n) is 2.26. The third-order valence-corrected chi connectivity index (χ3v) is 1.26. The van der Waals surface area contributed by atoms with Crippen LogP contribution in [0.5, 0.6) is 0 Å². The van der Waals surface area contributed by atoms with E-state index < -0.39 is 0 Å². The van der Waals surface area contributed by atoms with Gasteiger partial charge in [-0.1, -0.05) is 11.8 Å². The van der Waals surface area contributed by atoms with E-state index in [2.05, 4.69) is 17.2 Å². The van der Waals surface area contributed by atoms with Crippen LogP contribution in [0.3, 0.4) is 0 Å². The lowest BCUT2D eigenvalue weighted by Crippen LogP contribution is -2.35. The van der Waals surface area contributed by atoms with Crippen molar-refractivity contribution in [3.8, 4) is 24.7 Å². The van der Waals surface area contributed by atoms with E-state index in [9.17, 15) is 4.79 Å². The van der Waals surface area contributed by atoms with Crippen LogP contribution in [0.25, 0.3) is 0 Å². The van der Waals surface area contributed by atoms with Crippen molar-refractivity contribution in [2.24, 2.45) is 0 Å². The number of carbonyl (C=O) groups is 1. The Kier molecular flexibility index (Phi) is 5.51. The fraction of sp³-hybridized carbons (Fsp3) is 0.444. The Morgan fingerprint density at radius 3 is 2.67 bits per heavy atom. The molecule has 0 unspecified atom stereocenters. The summed E-state index contributed by atoms with van der Waals surface area (Å²) in [5.74, 6) is 4.70. The molecule has 0 aliphatic carbocycles. The van der Waals surface area contributed by atoms with Gasteiger partial charge < -0.3 is 4.90 Å². The number of rotatable bonds is 4. The third-order valence-electron chi connectivity index (χ3n) is 1.26. The highest BCUT2D eigenvalue weighted by atomic mass is 16.2. The van der Waals surface area contributed by atoms with Gasteiger partial charge in [0.15, 0.2) is 0 Å². The van der Waals surface area contributed by atoms with Crippen LogP contribution >= 0.6 is 0 Å². The second-order valence-corrected chi connectivity index (χ2v) is 2.26. The van der Waals surface area contributed by atoms with Crippen LogP contribution in [-0.4, -0.2) is 37.5 Å². The highest BCUT2D eigenvalue weighted by Gasteiger charge is 2.04. The van der Waals surface area contributed by atoms with E-state index in [1.807, 2.05) is 0 Å². The molecule has 0 aromatic carbocycles. The lowest BCUT2D eigenvalue weighted by Gasteiger charge is -2.13. The molecule has 0 heterocycles. The summed E-state index contributed by atoms with van der Waals surface area (Å²) in [5, 5.41) is 2.78. The quantitative estimate of drug-likeness (QED) is 0.440. The van der Waals surface area contributed by atoms with Crippen LogP contribution in [-0.2, 0) is 4.79 Å². The van der Waals surface area contributed by atoms with Crippen molar-refractivity contribution < 1.29 is 4.79 Å². The molecule has 0 aromatic rings. The maximum Gasteiger partial charge on any atom is 0.237 e. The number of hydrogen-bond donors (Lipinski definition) is 1. The Morgan fingerprint density at radius 1 is 1.50 bits per heavy atom. The molecule has 0 aromatic heterocycles. The van der Waals surface area contributed by atoms with Gasteiger partial charge in [0.2, 0.25) is 5.91 Å². The molecule has 3 heteroatoms. The van der Waals surface area contributed by atoms with E-state index in [0.717, 1.165) is 0 Å². The monoisotopic (exact) mass is 164 g/mol. The van der Waals surface area contributed by atoms with Crippen molar-refractivity contribution in [3.63, 3.8) is 0 Å². The molecule has 0 fully saturated rings. The maximum absolute atomic E-state index is 11.1. The van der Waals surface area contributed by atoms with Gasteiger partial charge in [-0.2, -0.15) is 0 Å². The van der Waals surface area contributed by atoms with Gasteiger partial charge in [0.25, 0.3) is 0 Å². The van der Waals surface area contributed by atoms with Crippen molar-refractivity contribution in [1.82, 2.24) is 10.2 Å². The minimum absolute atomic E-state index is 0.0526. The molecule has 0 atom stereocenters. The van der Waals surface area contributed by atoms with Gasteiger partial charge in [0.05, 0.1) is 19.6 Å². The fourth-order valence-corrected chi connectivity index (χ4v) is 0.602. The molecule has 1 N–H and O–H groups in total. The summed E-state index contributed by atoms with van der Waals surface area (Å²) >= 11 is 0. The lowest BCUT2D eigenvalue weighted by molar-refractivity contribution is -0.128. The molecular weight excluding hydrogens is 152 g/mol. The Balaban J connectivity index is 3.60. The summed E-state index contributed by atoms with van der Waals surface area (Å²) in [6, 6.07) is 0. The Bertz CT molecular complexity index is 222. The van der Waals surface area contributed by atoms with Crippen molar-refractivity contribution in [3.05, 3.63) is 0 Å². The van der Waals surface area contributed by atoms with Gasteiger partial charge in [-0.15, -0.1) is 12.8 Å². The summed E-state index contributed by atoms with van der Waals surface area (Å²) in [6.07, 6.45) is 10.0. The molecule has 3 nitrogen and oxygen atoms in total. The van der Waals surface area contributed by atoms with E-state index in [0.29, 0.717) is 13.1 Å². The van der Waals surface area contributed by atoms with Crippen LogP contribution < -0.4 is 5.32 Å². The number of terminal acetylenes is 2. The highest BCUT2D eigenvalue weighted by Crippen LogP contribution is 1.80. The van der Waals surface area contributed by atoms with E-state index in [4.69, 9.17) is 12.8 Å². The predicted molar refractivity (Wildman–Crippen MR) is 48.2 cm³/mol. The molecule has 0 radical (unpaired) electrons. The summed E-state index contributed by atoms with van der Waals surface area (Å²) in [6.45, 7) is 0.967. The second kappa shape index (κ2) is 6.27. The Morgan fingerprint density at radius 2 is 2.17 bits per heavy atom. The summed E-state index contributed by atoms with van der Waals surface area (Å²) in [4.78, 5) is 12.6. The first-order valence-corrected chi connectivity index (χ1v) is 3.54. The van der Waals surface area contributed by atoms with E-state index in [1.165, 1.54) is 4.90 Å². The third kappa shape index (κ3) is 4.38. The van der Waals surface area contributed by atoms with E-state index in [-0.39, 0.29) is 12.5 Å². The number of likely N-dealkylation sites (N-methyl/N-ethyl adjacent to an activating group) is 1. The SMILES string of the molecule is C#CCNCC(=O)N(C)CC#C. The number of nitrogens with zero attached hydrogens (tertiary/aromatic N) is 1. The molecule has 0 rings (SSSR count). The lowest BCUT2D eigenvalue weighted by atomic mass is 10.5. The van der Waals surface area contributed by atoms with Crippen molar-refractivity contribution >= 4 is 5.91 Å². The zero-order valence-electron chi connectivity index (χ0n) is 7.13. The minimum Gasteiger partial charge on any atom is -0.334 e. The van der Waals surface area contributed by atoms with Gasteiger partial charge in [0, 0.05) is 7.05 Å². The molecule has 0 spiro atoms. The van der Waals surface area contributed by atoms with Crippen LogP contribution in [0.15, 0.2) is 0 Å². The van der Waals surface area contributed by atoms with Crippen LogP contribution in [0.1, 0.15) is 0 Å². The predicted octanol–water partition coefficient (Wildman–Crippen LogP) is -0.699. The highest BCUT2D eigenvalue weighted by molar-refractivity contribution is 5.78. The smallest absolute Gasteiger partial charge is 0.237 e. The molecule has 0 bridgehead atoms. The molecule has 0 aliphatic rings. The molecule has 0 saturated heterocycles. The maximum atomic E-state index is 11.1. The number of nitrogens with one attached hydrogen (secondary N) is 1. The summed E-state index contributed by atoms with van der Waals surface area (Å²) in [5.41, 5.74) is 0. The van der Waals surface area contributed by atoms with Crippen LogP contribution in [0.2, 0.25) is 0 Å². The average molecular weight is 164 g/mol. The van der Waals surface area contributed by atoms with Crippen molar-refractivity contribution in [2.75, 3.05) is 26.7 Å². The fourth-order valence-electron chi connectivity index (χ4n) is 0.602. The normalized spacial score (nSPS) is 8.25. The van der Waals surface area contributed by atoms with E-state index in [1.54, 1.807) is 7.05 Å². The zero-order chi connectivity index (χ0) is 9.40. The first kappa shape index (κ1) is 10.6. The summed E-state index contributed by atoms with van der Waals surface area (Å²) in [7, 11) is 1.65. The van der Waals surface area contributed by atoms with Crippen LogP contribution in [0.4, 0.5) is 0 Å². The van der Waals surface area contributed by atoms with Crippen molar-refractivity contribution in [2.45, 2.75) is 0 Å². The van der Waals surface area contributed by atoms with Gasteiger partial charge in [-0.3, -0.25) is 10.1 Å². The zero-order valence-corrected chi connectivity index (χ0v) is 7.13. The average Bonchev–Trinajstić information content (AvgIpc) is 2.05. The largest absolute Gasteiger partial charge is 0.334 e. The van der Waals surface area contributed by atoms with E-state index >= 15 is 0 Å². The Hall–Kier alpha value is -1.45. The molecule has 0 saturated carbocycles. The standard InChI is InChI=1S/C9H12N2O/c1-4-6-10-8-9(12)11(3)7-5-2/h1-2,10H,6-8H2,3H3. The van der Waals surface area contributed by atoms with Crippen molar-refractivity contribution in [1.29, 1.82) is 0 Å². The van der Waals surface area contributed by atoms with Gasteiger partial charge in [-0.05, 0) is 0 Å². The minimum atomic E-state index is -0.0526. The molecule has 0 aliphatic heterocycles. The molecule has 64 valence electrons. The first-order chi connectivity index (χ1) is 5.72. The molecule has 12 heavy (non-hydrogen) atoms. The topological polar surface area (TPSA) is 32.3 Å². The van der Waals surface area contributed by atoms with Crippen LogP contribution in [0, 0.1) is 24.7 Å². The summed E-state index contributed by atoms with van der Waals surface area (Å²) < 4.78 is 0. The Labute approximate surface area is 73.1 Å². The molecule has 1 amide bonds. The van der Waals surface area contributed by atoms with Gasteiger partial charge >= 0.3 is 0 Å². The number of amides is 1. The van der Waals surface area contributed by atoms with Gasteiger partial charge in [0.1, 0.15) is 0 Å². The first-order valence-electron chi connectivity index (χ1n) is 3.54. The van der Waals surface area contributed by atoms with Gasteiger partial charge in [-0.25, -0.2) is 0 Å². The number of hydrogen-bond acceptors (Lipinski definition) is 2. The number of carbonyl (C=O) groups excluding carboxylic acids is 1. The molecular formula is C9H12N2O.